The monoisotopic (exact) mass is 443 g/mol. The number of anilines is 3. The minimum absolute atomic E-state index is 0.0938. The molecular weight excluding hydrogens is 430 g/mol. The van der Waals surface area contributed by atoms with Gasteiger partial charge in [0.05, 0.1) is 17.1 Å². The molecule has 3 aliphatic rings. The molecule has 120 valence electrons. The van der Waals surface area contributed by atoms with Crippen LogP contribution in [0.4, 0.5) is 17.1 Å². The Morgan fingerprint density at radius 3 is 2.71 bits per heavy atom. The number of benzene rings is 2. The molecule has 2 aromatic carbocycles. The van der Waals surface area contributed by atoms with Gasteiger partial charge in [0.1, 0.15) is 0 Å². The third-order valence-electron chi connectivity index (χ3n) is 4.74. The lowest BCUT2D eigenvalue weighted by Crippen LogP contribution is -2.44. The van der Waals surface area contributed by atoms with Crippen LogP contribution in [0.15, 0.2) is 75.0 Å². The van der Waals surface area contributed by atoms with Crippen LogP contribution in [-0.4, -0.2) is 6.29 Å². The zero-order valence-electron chi connectivity index (χ0n) is 12.8. The zero-order valence-corrected chi connectivity index (χ0v) is 16.0. The molecule has 0 saturated carbocycles. The van der Waals surface area contributed by atoms with Crippen molar-refractivity contribution in [2.45, 2.75) is 19.1 Å². The van der Waals surface area contributed by atoms with Gasteiger partial charge in [-0.05, 0) is 55.3 Å². The quantitative estimate of drug-likeness (QED) is 0.615. The molecule has 24 heavy (non-hydrogen) atoms. The van der Waals surface area contributed by atoms with Crippen LogP contribution in [0, 0.1) is 0 Å². The Morgan fingerprint density at radius 2 is 1.83 bits per heavy atom. The fourth-order valence-corrected chi connectivity index (χ4v) is 4.48. The molecule has 0 spiro atoms. The number of hydrogen-bond donors (Lipinski definition) is 1. The molecule has 1 atom stereocenters. The van der Waals surface area contributed by atoms with Crippen LogP contribution in [0.5, 0.6) is 0 Å². The number of halogens is 2. The summed E-state index contributed by atoms with van der Waals surface area (Å²) in [5.74, 6) is 0. The van der Waals surface area contributed by atoms with Gasteiger partial charge in [-0.2, -0.15) is 0 Å². The topological polar surface area (TPSA) is 18.5 Å². The van der Waals surface area contributed by atoms with Gasteiger partial charge < -0.3 is 10.2 Å². The third kappa shape index (κ3) is 2.07. The van der Waals surface area contributed by atoms with E-state index in [0.29, 0.717) is 0 Å². The fraction of sp³-hybridized carbons (Fsp3) is 0.158. The van der Waals surface area contributed by atoms with E-state index >= 15 is 0 Å². The largest absolute Gasteiger partial charge is 0.349 e. The Hall–Kier alpha value is -1.72. The Balaban J connectivity index is 1.70. The summed E-state index contributed by atoms with van der Waals surface area (Å²) in [6.45, 7) is 0. The van der Waals surface area contributed by atoms with Crippen LogP contribution in [0.2, 0.25) is 0 Å². The highest BCUT2D eigenvalue weighted by molar-refractivity contribution is 9.10. The standard InChI is InChI=1S/C19H15Br2N3/c20-12-4-3-5-14(10-12)23-17-9-8-13(21)11-18(17)24-16-7-2-1-6-15(16)22-19(23)24/h2-5,7-11,19,22H,1,6H2. The second-order valence-corrected chi connectivity index (χ2v) is 8.01. The van der Waals surface area contributed by atoms with E-state index in [9.17, 15) is 0 Å². The van der Waals surface area contributed by atoms with Crippen molar-refractivity contribution in [3.63, 3.8) is 0 Å². The van der Waals surface area contributed by atoms with Crippen molar-refractivity contribution in [1.82, 2.24) is 5.32 Å². The lowest BCUT2D eigenvalue weighted by atomic mass is 10.1. The van der Waals surface area contributed by atoms with Crippen molar-refractivity contribution >= 4 is 48.9 Å². The molecule has 5 rings (SSSR count). The van der Waals surface area contributed by atoms with Gasteiger partial charge in [0.25, 0.3) is 0 Å². The second-order valence-electron chi connectivity index (χ2n) is 6.18. The van der Waals surface area contributed by atoms with Crippen molar-refractivity contribution in [1.29, 1.82) is 0 Å². The van der Waals surface area contributed by atoms with Crippen LogP contribution in [0.3, 0.4) is 0 Å². The molecular formula is C19H15Br2N3. The van der Waals surface area contributed by atoms with E-state index < -0.39 is 0 Å². The third-order valence-corrected chi connectivity index (χ3v) is 5.73. The summed E-state index contributed by atoms with van der Waals surface area (Å²) in [6.07, 6.45) is 6.79. The number of nitrogens with one attached hydrogen (secondary N) is 1. The number of nitrogens with zero attached hydrogens (tertiary/aromatic N) is 2. The van der Waals surface area contributed by atoms with Gasteiger partial charge in [0, 0.05) is 20.3 Å². The van der Waals surface area contributed by atoms with Gasteiger partial charge in [-0.15, -0.1) is 0 Å². The minimum Gasteiger partial charge on any atom is -0.349 e. The van der Waals surface area contributed by atoms with Gasteiger partial charge in [-0.1, -0.05) is 44.0 Å². The predicted octanol–water partition coefficient (Wildman–Crippen LogP) is 5.62. The van der Waals surface area contributed by atoms with Crippen LogP contribution in [-0.2, 0) is 0 Å². The molecule has 3 nitrogen and oxygen atoms in total. The minimum atomic E-state index is 0.0938. The molecule has 0 aromatic heterocycles. The Kier molecular flexibility index (Phi) is 3.28. The molecule has 1 N–H and O–H groups in total. The Morgan fingerprint density at radius 1 is 0.958 bits per heavy atom. The molecule has 0 radical (unpaired) electrons. The molecule has 2 aromatic rings. The molecule has 0 bridgehead atoms. The Bertz CT molecular complexity index is 903. The van der Waals surface area contributed by atoms with Crippen LogP contribution in [0.1, 0.15) is 12.8 Å². The highest BCUT2D eigenvalue weighted by atomic mass is 79.9. The first-order valence-corrected chi connectivity index (χ1v) is 9.61. The summed E-state index contributed by atoms with van der Waals surface area (Å²) in [5.41, 5.74) is 6.27. The molecule has 1 unspecified atom stereocenters. The van der Waals surface area contributed by atoms with E-state index in [0.717, 1.165) is 21.8 Å². The second kappa shape index (κ2) is 5.39. The van der Waals surface area contributed by atoms with Crippen molar-refractivity contribution < 1.29 is 0 Å². The molecule has 1 aliphatic carbocycles. The van der Waals surface area contributed by atoms with E-state index in [-0.39, 0.29) is 6.29 Å². The van der Waals surface area contributed by atoms with Gasteiger partial charge in [0.2, 0.25) is 0 Å². The number of rotatable bonds is 1. The van der Waals surface area contributed by atoms with Crippen LogP contribution >= 0.6 is 31.9 Å². The molecule has 0 fully saturated rings. The first-order chi connectivity index (χ1) is 11.7. The van der Waals surface area contributed by atoms with Gasteiger partial charge >= 0.3 is 0 Å². The highest BCUT2D eigenvalue weighted by Crippen LogP contribution is 2.50. The van der Waals surface area contributed by atoms with E-state index in [2.05, 4.69) is 102 Å². The van der Waals surface area contributed by atoms with Gasteiger partial charge in [-0.25, -0.2) is 0 Å². The molecule has 0 amide bonds. The smallest absolute Gasteiger partial charge is 0.187 e. The predicted molar refractivity (Wildman–Crippen MR) is 105 cm³/mol. The molecule has 0 saturated heterocycles. The number of fused-ring (bicyclic) bond motifs is 4. The zero-order chi connectivity index (χ0) is 16.3. The highest BCUT2D eigenvalue weighted by Gasteiger charge is 2.43. The summed E-state index contributed by atoms with van der Waals surface area (Å²) < 4.78 is 2.19. The van der Waals surface area contributed by atoms with Crippen molar-refractivity contribution in [3.05, 3.63) is 75.0 Å². The van der Waals surface area contributed by atoms with Crippen molar-refractivity contribution in [3.8, 4) is 0 Å². The summed E-state index contributed by atoms with van der Waals surface area (Å²) in [7, 11) is 0. The van der Waals surface area contributed by atoms with Gasteiger partial charge in [0.15, 0.2) is 6.29 Å². The maximum atomic E-state index is 3.74. The van der Waals surface area contributed by atoms with E-state index in [4.69, 9.17) is 0 Å². The average molecular weight is 445 g/mol. The fourth-order valence-electron chi connectivity index (χ4n) is 3.75. The SMILES string of the molecule is Brc1cccc(N2c3ccc(Br)cc3N3C4=C(CCC=C4)NC32)c1. The van der Waals surface area contributed by atoms with Crippen LogP contribution < -0.4 is 15.1 Å². The van der Waals surface area contributed by atoms with Crippen LogP contribution in [0.25, 0.3) is 0 Å². The maximum absolute atomic E-state index is 3.74. The number of hydrogen-bond acceptors (Lipinski definition) is 3. The normalized spacial score (nSPS) is 20.8. The van der Waals surface area contributed by atoms with Crippen molar-refractivity contribution in [2.75, 3.05) is 9.80 Å². The molecule has 2 heterocycles. The average Bonchev–Trinajstić information content (AvgIpc) is 3.09. The van der Waals surface area contributed by atoms with E-state index in [1.807, 2.05) is 0 Å². The maximum Gasteiger partial charge on any atom is 0.187 e. The van der Waals surface area contributed by atoms with E-state index in [1.54, 1.807) is 0 Å². The molecule has 5 heteroatoms. The summed E-state index contributed by atoms with van der Waals surface area (Å²) >= 11 is 7.24. The Labute approximate surface area is 157 Å². The summed E-state index contributed by atoms with van der Waals surface area (Å²) in [4.78, 5) is 4.78. The molecule has 2 aliphatic heterocycles. The lowest BCUT2D eigenvalue weighted by Gasteiger charge is -2.28. The summed E-state index contributed by atoms with van der Waals surface area (Å²) in [6, 6.07) is 15.0. The first-order valence-electron chi connectivity index (χ1n) is 8.02. The van der Waals surface area contributed by atoms with Gasteiger partial charge in [-0.3, -0.25) is 4.90 Å². The number of allylic oxidation sites excluding steroid dienone is 3. The lowest BCUT2D eigenvalue weighted by molar-refractivity contribution is 0.628. The first kappa shape index (κ1) is 14.6. The summed E-state index contributed by atoms with van der Waals surface area (Å²) in [5, 5.41) is 3.74. The van der Waals surface area contributed by atoms with E-state index in [1.165, 1.54) is 28.5 Å². The van der Waals surface area contributed by atoms with Crippen molar-refractivity contribution in [2.24, 2.45) is 0 Å².